The highest BCUT2D eigenvalue weighted by molar-refractivity contribution is 9.10. The number of aryl methyl sites for hydroxylation is 1. The quantitative estimate of drug-likeness (QED) is 0.909. The Hall–Kier alpha value is -0.870. The summed E-state index contributed by atoms with van der Waals surface area (Å²) in [5.41, 5.74) is 2.38. The van der Waals surface area contributed by atoms with Crippen molar-refractivity contribution in [2.45, 2.75) is 19.9 Å². The van der Waals surface area contributed by atoms with E-state index < -0.39 is 0 Å². The number of anilines is 1. The molecule has 1 unspecified atom stereocenters. The topological polar surface area (TPSA) is 24.9 Å². The van der Waals surface area contributed by atoms with Gasteiger partial charge < -0.3 is 5.32 Å². The van der Waals surface area contributed by atoms with Gasteiger partial charge in [-0.2, -0.15) is 0 Å². The molecule has 2 nitrogen and oxygen atoms in total. The molecule has 2 aromatic rings. The number of aromatic nitrogens is 1. The molecule has 0 amide bonds. The van der Waals surface area contributed by atoms with Gasteiger partial charge in [-0.05, 0) is 52.9 Å². The van der Waals surface area contributed by atoms with Crippen LogP contribution in [0.15, 0.2) is 34.4 Å². The summed E-state index contributed by atoms with van der Waals surface area (Å²) in [6.45, 7) is 4.31. The van der Waals surface area contributed by atoms with Gasteiger partial charge >= 0.3 is 0 Å². The summed E-state index contributed by atoms with van der Waals surface area (Å²) in [5.74, 6) is 0. The minimum absolute atomic E-state index is 0.316. The molecule has 0 spiro atoms. The third-order valence-corrected chi connectivity index (χ3v) is 4.02. The molecular weight excluding hydrogens is 284 g/mol. The van der Waals surface area contributed by atoms with Crippen molar-refractivity contribution in [1.29, 1.82) is 0 Å². The molecule has 0 saturated carbocycles. The predicted molar refractivity (Wildman–Crippen MR) is 73.0 cm³/mol. The van der Waals surface area contributed by atoms with Crippen molar-refractivity contribution in [2.24, 2.45) is 0 Å². The van der Waals surface area contributed by atoms with Crippen molar-refractivity contribution in [3.8, 4) is 0 Å². The van der Waals surface area contributed by atoms with Crippen LogP contribution in [0.3, 0.4) is 0 Å². The van der Waals surface area contributed by atoms with E-state index in [2.05, 4.69) is 51.5 Å². The van der Waals surface area contributed by atoms with E-state index in [0.29, 0.717) is 6.04 Å². The molecule has 0 aromatic carbocycles. The standard InChI is InChI=1S/C12H13BrN2S/c1-8-3-4-16-12(8)9(2)15-11-5-10(13)6-14-7-11/h3-7,9,15H,1-2H3. The van der Waals surface area contributed by atoms with Crippen LogP contribution in [0.1, 0.15) is 23.4 Å². The summed E-state index contributed by atoms with van der Waals surface area (Å²) in [6, 6.07) is 4.50. The summed E-state index contributed by atoms with van der Waals surface area (Å²) in [6.07, 6.45) is 3.62. The summed E-state index contributed by atoms with van der Waals surface area (Å²) >= 11 is 5.20. The lowest BCUT2D eigenvalue weighted by molar-refractivity contribution is 0.897. The third-order valence-electron chi connectivity index (χ3n) is 2.38. The maximum atomic E-state index is 4.14. The first-order valence-electron chi connectivity index (χ1n) is 5.08. The van der Waals surface area contributed by atoms with Crippen molar-refractivity contribution in [1.82, 2.24) is 4.98 Å². The number of hydrogen-bond donors (Lipinski definition) is 1. The van der Waals surface area contributed by atoms with Crippen LogP contribution in [0.5, 0.6) is 0 Å². The number of rotatable bonds is 3. The minimum atomic E-state index is 0.316. The molecule has 2 heterocycles. The Morgan fingerprint density at radius 1 is 1.44 bits per heavy atom. The van der Waals surface area contributed by atoms with E-state index in [1.54, 1.807) is 17.5 Å². The number of pyridine rings is 1. The molecule has 0 saturated heterocycles. The Balaban J connectivity index is 2.14. The second kappa shape index (κ2) is 4.97. The monoisotopic (exact) mass is 296 g/mol. The average Bonchev–Trinajstić information content (AvgIpc) is 2.64. The fourth-order valence-electron chi connectivity index (χ4n) is 1.63. The molecule has 16 heavy (non-hydrogen) atoms. The maximum Gasteiger partial charge on any atom is 0.0581 e. The highest BCUT2D eigenvalue weighted by Crippen LogP contribution is 2.27. The SMILES string of the molecule is Cc1ccsc1C(C)Nc1cncc(Br)c1. The molecule has 4 heteroatoms. The lowest BCUT2D eigenvalue weighted by Crippen LogP contribution is -2.06. The van der Waals surface area contributed by atoms with E-state index >= 15 is 0 Å². The van der Waals surface area contributed by atoms with Crippen molar-refractivity contribution < 1.29 is 0 Å². The second-order valence-electron chi connectivity index (χ2n) is 3.73. The van der Waals surface area contributed by atoms with Crippen LogP contribution in [-0.2, 0) is 0 Å². The van der Waals surface area contributed by atoms with Crippen molar-refractivity contribution >= 4 is 33.0 Å². The second-order valence-corrected chi connectivity index (χ2v) is 5.59. The first kappa shape index (κ1) is 11.6. The molecule has 1 atom stereocenters. The van der Waals surface area contributed by atoms with Gasteiger partial charge in [0.2, 0.25) is 0 Å². The van der Waals surface area contributed by atoms with E-state index in [1.165, 1.54) is 10.4 Å². The number of nitrogens with one attached hydrogen (secondary N) is 1. The van der Waals surface area contributed by atoms with E-state index in [1.807, 2.05) is 12.3 Å². The predicted octanol–water partition coefficient (Wildman–Crippen LogP) is 4.39. The molecule has 0 fully saturated rings. The molecule has 84 valence electrons. The number of thiophene rings is 1. The average molecular weight is 297 g/mol. The Morgan fingerprint density at radius 3 is 2.88 bits per heavy atom. The lowest BCUT2D eigenvalue weighted by atomic mass is 10.2. The summed E-state index contributed by atoms with van der Waals surface area (Å²) < 4.78 is 0.993. The number of hydrogen-bond acceptors (Lipinski definition) is 3. The Morgan fingerprint density at radius 2 is 2.25 bits per heavy atom. The zero-order valence-corrected chi connectivity index (χ0v) is 11.6. The van der Waals surface area contributed by atoms with Crippen LogP contribution in [0.4, 0.5) is 5.69 Å². The zero-order valence-electron chi connectivity index (χ0n) is 9.20. The van der Waals surface area contributed by atoms with Crippen LogP contribution in [0.25, 0.3) is 0 Å². The molecule has 0 aliphatic carbocycles. The van der Waals surface area contributed by atoms with Gasteiger partial charge in [0.15, 0.2) is 0 Å². The lowest BCUT2D eigenvalue weighted by Gasteiger charge is -2.14. The normalized spacial score (nSPS) is 12.4. The van der Waals surface area contributed by atoms with E-state index in [0.717, 1.165) is 10.2 Å². The van der Waals surface area contributed by atoms with Crippen LogP contribution < -0.4 is 5.32 Å². The van der Waals surface area contributed by atoms with Gasteiger partial charge in [-0.3, -0.25) is 4.98 Å². The molecule has 2 rings (SSSR count). The van der Waals surface area contributed by atoms with E-state index in [4.69, 9.17) is 0 Å². The number of halogens is 1. The molecular formula is C12H13BrN2S. The summed E-state index contributed by atoms with van der Waals surface area (Å²) in [4.78, 5) is 5.51. The highest BCUT2D eigenvalue weighted by atomic mass is 79.9. The fourth-order valence-corrected chi connectivity index (χ4v) is 2.93. The Kier molecular flexibility index (Phi) is 3.61. The smallest absolute Gasteiger partial charge is 0.0581 e. The summed E-state index contributed by atoms with van der Waals surface area (Å²) in [7, 11) is 0. The van der Waals surface area contributed by atoms with Gasteiger partial charge in [-0.25, -0.2) is 0 Å². The number of nitrogens with zero attached hydrogens (tertiary/aromatic N) is 1. The molecule has 0 aliphatic heterocycles. The van der Waals surface area contributed by atoms with Crippen molar-refractivity contribution in [2.75, 3.05) is 5.32 Å². The first-order valence-corrected chi connectivity index (χ1v) is 6.75. The maximum absolute atomic E-state index is 4.14. The zero-order chi connectivity index (χ0) is 11.5. The van der Waals surface area contributed by atoms with Gasteiger partial charge in [0.1, 0.15) is 0 Å². The fraction of sp³-hybridized carbons (Fsp3) is 0.250. The van der Waals surface area contributed by atoms with E-state index in [-0.39, 0.29) is 0 Å². The van der Waals surface area contributed by atoms with Crippen LogP contribution in [0, 0.1) is 6.92 Å². The Bertz CT molecular complexity index is 481. The summed E-state index contributed by atoms with van der Waals surface area (Å²) in [5, 5.41) is 5.57. The van der Waals surface area contributed by atoms with Gasteiger partial charge in [0.25, 0.3) is 0 Å². The minimum Gasteiger partial charge on any atom is -0.376 e. The molecule has 2 aromatic heterocycles. The molecule has 0 bridgehead atoms. The van der Waals surface area contributed by atoms with Gasteiger partial charge in [-0.1, -0.05) is 0 Å². The third kappa shape index (κ3) is 2.62. The van der Waals surface area contributed by atoms with Crippen molar-refractivity contribution in [3.63, 3.8) is 0 Å². The highest BCUT2D eigenvalue weighted by Gasteiger charge is 2.09. The molecule has 0 aliphatic rings. The van der Waals surface area contributed by atoms with Gasteiger partial charge in [0.05, 0.1) is 17.9 Å². The largest absolute Gasteiger partial charge is 0.376 e. The van der Waals surface area contributed by atoms with E-state index in [9.17, 15) is 0 Å². The van der Waals surface area contributed by atoms with Gasteiger partial charge in [0, 0.05) is 15.5 Å². The molecule has 0 radical (unpaired) electrons. The van der Waals surface area contributed by atoms with Crippen LogP contribution >= 0.6 is 27.3 Å². The van der Waals surface area contributed by atoms with Gasteiger partial charge in [-0.15, -0.1) is 11.3 Å². The van der Waals surface area contributed by atoms with Crippen LogP contribution in [0.2, 0.25) is 0 Å². The Labute approximate surface area is 108 Å². The molecule has 1 N–H and O–H groups in total. The van der Waals surface area contributed by atoms with Crippen LogP contribution in [-0.4, -0.2) is 4.98 Å². The van der Waals surface area contributed by atoms with Crippen molar-refractivity contribution in [3.05, 3.63) is 44.8 Å². The first-order chi connectivity index (χ1) is 7.66.